The van der Waals surface area contributed by atoms with Crippen LogP contribution >= 0.6 is 0 Å². The molecule has 1 heterocycles. The van der Waals surface area contributed by atoms with E-state index in [-0.39, 0.29) is 11.5 Å². The van der Waals surface area contributed by atoms with Gasteiger partial charge in [0.05, 0.1) is 30.8 Å². The summed E-state index contributed by atoms with van der Waals surface area (Å²) in [5.41, 5.74) is 3.91. The molecule has 0 fully saturated rings. The summed E-state index contributed by atoms with van der Waals surface area (Å²) in [4.78, 5) is 18.6. The molecule has 0 radical (unpaired) electrons. The molecule has 0 unspecified atom stereocenters. The predicted octanol–water partition coefficient (Wildman–Crippen LogP) is 6.35. The van der Waals surface area contributed by atoms with Crippen LogP contribution in [0, 0.1) is 6.92 Å². The number of nitrogens with zero attached hydrogens (tertiary/aromatic N) is 3. The summed E-state index contributed by atoms with van der Waals surface area (Å²) >= 11 is 0. The van der Waals surface area contributed by atoms with E-state index in [9.17, 15) is 4.79 Å². The van der Waals surface area contributed by atoms with Crippen LogP contribution in [0.4, 0.5) is 0 Å². The van der Waals surface area contributed by atoms with Crippen LogP contribution in [0.5, 0.6) is 17.2 Å². The monoisotopic (exact) mass is 511 g/mol. The molecule has 7 heteroatoms. The molecule has 0 saturated carbocycles. The summed E-state index contributed by atoms with van der Waals surface area (Å²) in [6.45, 7) is 12.8. The van der Waals surface area contributed by atoms with Crippen molar-refractivity contribution in [2.24, 2.45) is 5.10 Å². The largest absolute Gasteiger partial charge is 0.494 e. The highest BCUT2D eigenvalue weighted by atomic mass is 16.5. The van der Waals surface area contributed by atoms with Crippen molar-refractivity contribution < 1.29 is 14.2 Å². The van der Waals surface area contributed by atoms with E-state index in [4.69, 9.17) is 19.2 Å². The first-order chi connectivity index (χ1) is 18.4. The highest BCUT2D eigenvalue weighted by Crippen LogP contribution is 2.34. The van der Waals surface area contributed by atoms with E-state index in [0.717, 1.165) is 28.0 Å². The van der Waals surface area contributed by atoms with Crippen LogP contribution in [0.25, 0.3) is 22.3 Å². The van der Waals surface area contributed by atoms with Crippen LogP contribution in [0.15, 0.2) is 77.1 Å². The number of ether oxygens (including phenoxy) is 3. The van der Waals surface area contributed by atoms with Crippen LogP contribution in [0.1, 0.15) is 43.4 Å². The minimum absolute atomic E-state index is 0.217. The normalized spacial score (nSPS) is 11.3. The van der Waals surface area contributed by atoms with Crippen molar-refractivity contribution in [3.05, 3.63) is 94.3 Å². The lowest BCUT2D eigenvalue weighted by Crippen LogP contribution is -2.21. The molecule has 0 aliphatic carbocycles. The van der Waals surface area contributed by atoms with E-state index in [1.165, 1.54) is 4.68 Å². The van der Waals surface area contributed by atoms with Crippen LogP contribution in [-0.2, 0) is 0 Å². The topological polar surface area (TPSA) is 74.9 Å². The predicted molar refractivity (Wildman–Crippen MR) is 153 cm³/mol. The van der Waals surface area contributed by atoms with E-state index in [1.54, 1.807) is 37.6 Å². The number of rotatable bonds is 10. The summed E-state index contributed by atoms with van der Waals surface area (Å²) in [5.74, 6) is 2.68. The Morgan fingerprint density at radius 1 is 1.05 bits per heavy atom. The van der Waals surface area contributed by atoms with Gasteiger partial charge in [0.15, 0.2) is 17.3 Å². The van der Waals surface area contributed by atoms with E-state index >= 15 is 0 Å². The summed E-state index contributed by atoms with van der Waals surface area (Å²) < 4.78 is 18.4. The first-order valence-electron chi connectivity index (χ1n) is 12.6. The first-order valence-corrected chi connectivity index (χ1v) is 12.6. The third-order valence-electron chi connectivity index (χ3n) is 6.14. The van der Waals surface area contributed by atoms with Gasteiger partial charge in [-0.2, -0.15) is 9.78 Å². The highest BCUT2D eigenvalue weighted by Gasteiger charge is 2.18. The molecule has 0 saturated heterocycles. The number of aromatic nitrogens is 2. The highest BCUT2D eigenvalue weighted by molar-refractivity contribution is 5.83. The van der Waals surface area contributed by atoms with Gasteiger partial charge in [-0.3, -0.25) is 4.79 Å². The Balaban J connectivity index is 1.89. The molecule has 0 spiro atoms. The van der Waals surface area contributed by atoms with Gasteiger partial charge in [0.1, 0.15) is 12.4 Å². The summed E-state index contributed by atoms with van der Waals surface area (Å²) in [5, 5.41) is 5.11. The lowest BCUT2D eigenvalue weighted by atomic mass is 9.96. The van der Waals surface area contributed by atoms with Crippen molar-refractivity contribution in [3.63, 3.8) is 0 Å². The molecular weight excluding hydrogens is 478 g/mol. The molecule has 38 heavy (non-hydrogen) atoms. The Morgan fingerprint density at radius 3 is 2.55 bits per heavy atom. The van der Waals surface area contributed by atoms with E-state index < -0.39 is 0 Å². The molecule has 0 aliphatic heterocycles. The Kier molecular flexibility index (Phi) is 8.26. The average Bonchev–Trinajstić information content (AvgIpc) is 2.91. The Bertz CT molecular complexity index is 1550. The van der Waals surface area contributed by atoms with Crippen LogP contribution < -0.4 is 19.8 Å². The summed E-state index contributed by atoms with van der Waals surface area (Å²) in [6, 6.07) is 16.8. The number of aryl methyl sites for hydroxylation is 1. The number of hydrogen-bond donors (Lipinski definition) is 0. The van der Waals surface area contributed by atoms with Crippen molar-refractivity contribution >= 4 is 17.1 Å². The standard InChI is InChI=1S/C31H33N3O4/c1-7-15-38-27-14-13-22(17-29(27)36-6)19-32-34-30(33-26-12-10-9-11-23(26)31(34)35)25-18-24(20(3)4)28(37-8-2)16-21(25)5/h7,9-14,16-20H,1,8,15H2,2-6H3. The summed E-state index contributed by atoms with van der Waals surface area (Å²) in [7, 11) is 1.58. The SMILES string of the molecule is C=CCOc1ccc(C=Nn2c(-c3cc(C(C)C)c(OCC)cc3C)nc3ccccc3c2=O)cc1OC. The van der Waals surface area contributed by atoms with Crippen LogP contribution in [0.3, 0.4) is 0 Å². The maximum atomic E-state index is 13.7. The van der Waals surface area contributed by atoms with Gasteiger partial charge in [0.2, 0.25) is 0 Å². The minimum atomic E-state index is -0.251. The molecule has 4 rings (SSSR count). The van der Waals surface area contributed by atoms with Gasteiger partial charge >= 0.3 is 0 Å². The molecule has 0 bridgehead atoms. The molecule has 0 atom stereocenters. The average molecular weight is 512 g/mol. The fraction of sp³-hybridized carbons (Fsp3) is 0.258. The van der Waals surface area contributed by atoms with Crippen LogP contribution in [0.2, 0.25) is 0 Å². The molecule has 0 amide bonds. The van der Waals surface area contributed by atoms with Gasteiger partial charge in [0, 0.05) is 5.56 Å². The zero-order valence-electron chi connectivity index (χ0n) is 22.5. The van der Waals surface area contributed by atoms with Crippen molar-refractivity contribution in [3.8, 4) is 28.6 Å². The number of para-hydroxylation sites is 1. The first kappa shape index (κ1) is 26.7. The van der Waals surface area contributed by atoms with E-state index in [1.807, 2.05) is 44.2 Å². The van der Waals surface area contributed by atoms with Gasteiger partial charge in [-0.15, -0.1) is 0 Å². The quantitative estimate of drug-likeness (QED) is 0.183. The van der Waals surface area contributed by atoms with E-state index in [0.29, 0.717) is 41.4 Å². The summed E-state index contributed by atoms with van der Waals surface area (Å²) in [6.07, 6.45) is 3.29. The fourth-order valence-corrected chi connectivity index (χ4v) is 4.23. The second kappa shape index (κ2) is 11.8. The number of fused-ring (bicyclic) bond motifs is 1. The molecule has 4 aromatic rings. The number of benzene rings is 3. The lowest BCUT2D eigenvalue weighted by molar-refractivity contribution is 0.326. The maximum absolute atomic E-state index is 13.7. The smallest absolute Gasteiger partial charge is 0.282 e. The lowest BCUT2D eigenvalue weighted by Gasteiger charge is -2.18. The molecular formula is C31H33N3O4. The molecule has 0 N–H and O–H groups in total. The zero-order valence-corrected chi connectivity index (χ0v) is 22.5. The van der Waals surface area contributed by atoms with Crippen molar-refractivity contribution in [2.45, 2.75) is 33.6 Å². The van der Waals surface area contributed by atoms with Gasteiger partial charge in [-0.05, 0) is 78.9 Å². The molecule has 7 nitrogen and oxygen atoms in total. The zero-order chi connectivity index (χ0) is 27.2. The molecule has 3 aromatic carbocycles. The molecule has 0 aliphatic rings. The third-order valence-corrected chi connectivity index (χ3v) is 6.14. The molecule has 1 aromatic heterocycles. The fourth-order valence-electron chi connectivity index (χ4n) is 4.23. The van der Waals surface area contributed by atoms with E-state index in [2.05, 4.69) is 31.6 Å². The van der Waals surface area contributed by atoms with Gasteiger partial charge < -0.3 is 14.2 Å². The Hall–Kier alpha value is -4.39. The number of methoxy groups -OCH3 is 1. The van der Waals surface area contributed by atoms with Crippen molar-refractivity contribution in [2.75, 3.05) is 20.3 Å². The maximum Gasteiger partial charge on any atom is 0.282 e. The third kappa shape index (κ3) is 5.47. The molecule has 196 valence electrons. The van der Waals surface area contributed by atoms with Crippen molar-refractivity contribution in [1.29, 1.82) is 0 Å². The number of hydrogen-bond acceptors (Lipinski definition) is 6. The van der Waals surface area contributed by atoms with Crippen molar-refractivity contribution in [1.82, 2.24) is 9.66 Å². The second-order valence-corrected chi connectivity index (χ2v) is 9.12. The second-order valence-electron chi connectivity index (χ2n) is 9.12. The Morgan fingerprint density at radius 2 is 1.84 bits per heavy atom. The van der Waals surface area contributed by atoms with Gasteiger partial charge in [-0.25, -0.2) is 4.98 Å². The minimum Gasteiger partial charge on any atom is -0.494 e. The van der Waals surface area contributed by atoms with Gasteiger partial charge in [-0.1, -0.05) is 38.6 Å². The Labute approximate surface area is 223 Å². The van der Waals surface area contributed by atoms with Gasteiger partial charge in [0.25, 0.3) is 5.56 Å². The van der Waals surface area contributed by atoms with Crippen LogP contribution in [-0.4, -0.2) is 36.2 Å².